The fourth-order valence-corrected chi connectivity index (χ4v) is 1.52. The van der Waals surface area contributed by atoms with Crippen molar-refractivity contribution >= 4 is 0 Å². The molecule has 0 amide bonds. The van der Waals surface area contributed by atoms with E-state index in [1.54, 1.807) is 7.11 Å². The van der Waals surface area contributed by atoms with Crippen LogP contribution in [0.4, 0.5) is 0 Å². The topological polar surface area (TPSA) is 29.5 Å². The van der Waals surface area contributed by atoms with Gasteiger partial charge < -0.3 is 9.84 Å². The Kier molecular flexibility index (Phi) is 4.47. The molecular weight excluding hydrogens is 176 g/mol. The highest BCUT2D eigenvalue weighted by molar-refractivity contribution is 5.37. The molecule has 0 bridgehead atoms. The molecule has 0 unspecified atom stereocenters. The van der Waals surface area contributed by atoms with Gasteiger partial charge in [-0.1, -0.05) is 19.1 Å². The summed E-state index contributed by atoms with van der Waals surface area (Å²) in [4.78, 5) is 0. The predicted octanol–water partition coefficient (Wildman–Crippen LogP) is 2.18. The molecule has 0 saturated carbocycles. The lowest BCUT2D eigenvalue weighted by atomic mass is 10.0. The first kappa shape index (κ1) is 11.1. The molecule has 0 aliphatic carbocycles. The van der Waals surface area contributed by atoms with Crippen molar-refractivity contribution in [2.75, 3.05) is 13.7 Å². The maximum atomic E-state index is 8.78. The summed E-state index contributed by atoms with van der Waals surface area (Å²) in [7, 11) is 1.68. The first-order chi connectivity index (χ1) is 6.81. The van der Waals surface area contributed by atoms with Crippen molar-refractivity contribution in [3.8, 4) is 5.75 Å². The Morgan fingerprint density at radius 1 is 1.36 bits per heavy atom. The van der Waals surface area contributed by atoms with Gasteiger partial charge in [0, 0.05) is 6.61 Å². The Bertz CT molecular complexity index is 282. The van der Waals surface area contributed by atoms with Crippen LogP contribution in [0.3, 0.4) is 0 Å². The average Bonchev–Trinajstić information content (AvgIpc) is 2.25. The first-order valence-electron chi connectivity index (χ1n) is 5.08. The van der Waals surface area contributed by atoms with Crippen LogP contribution < -0.4 is 4.74 Å². The Morgan fingerprint density at radius 2 is 2.14 bits per heavy atom. The number of hydrogen-bond acceptors (Lipinski definition) is 2. The van der Waals surface area contributed by atoms with E-state index >= 15 is 0 Å². The SMILES string of the molecule is CCc1ccc(OC)c(CCCO)c1. The molecule has 0 heterocycles. The van der Waals surface area contributed by atoms with Crippen LogP contribution in [0.15, 0.2) is 18.2 Å². The summed E-state index contributed by atoms with van der Waals surface area (Å²) < 4.78 is 5.26. The van der Waals surface area contributed by atoms with E-state index in [0.717, 1.165) is 25.0 Å². The highest BCUT2D eigenvalue weighted by Gasteiger charge is 2.03. The minimum absolute atomic E-state index is 0.236. The first-order valence-corrected chi connectivity index (χ1v) is 5.08. The molecule has 0 spiro atoms. The zero-order valence-electron chi connectivity index (χ0n) is 8.92. The van der Waals surface area contributed by atoms with Crippen LogP contribution in [0.1, 0.15) is 24.5 Å². The molecule has 0 fully saturated rings. The number of aliphatic hydroxyl groups excluding tert-OH is 1. The third-order valence-electron chi connectivity index (χ3n) is 2.36. The van der Waals surface area contributed by atoms with E-state index in [4.69, 9.17) is 9.84 Å². The molecule has 0 atom stereocenters. The summed E-state index contributed by atoms with van der Waals surface area (Å²) in [5, 5.41) is 8.78. The maximum Gasteiger partial charge on any atom is 0.122 e. The molecule has 0 aliphatic heterocycles. The molecule has 0 aromatic heterocycles. The van der Waals surface area contributed by atoms with Gasteiger partial charge in [-0.25, -0.2) is 0 Å². The zero-order chi connectivity index (χ0) is 10.4. The summed E-state index contributed by atoms with van der Waals surface area (Å²) in [6.07, 6.45) is 2.72. The van der Waals surface area contributed by atoms with Crippen LogP contribution in [0, 0.1) is 0 Å². The van der Waals surface area contributed by atoms with Crippen molar-refractivity contribution in [3.05, 3.63) is 29.3 Å². The molecule has 1 aromatic rings. The fraction of sp³-hybridized carbons (Fsp3) is 0.500. The number of methoxy groups -OCH3 is 1. The summed E-state index contributed by atoms with van der Waals surface area (Å²) in [5.74, 6) is 0.927. The number of aryl methyl sites for hydroxylation is 2. The van der Waals surface area contributed by atoms with Crippen LogP contribution in [0.25, 0.3) is 0 Å². The second-order valence-electron chi connectivity index (χ2n) is 3.33. The van der Waals surface area contributed by atoms with Gasteiger partial charge in [0.2, 0.25) is 0 Å². The van der Waals surface area contributed by atoms with Gasteiger partial charge in [0.15, 0.2) is 0 Å². The van der Waals surface area contributed by atoms with Gasteiger partial charge in [-0.15, -0.1) is 0 Å². The van der Waals surface area contributed by atoms with Crippen molar-refractivity contribution in [1.29, 1.82) is 0 Å². The minimum Gasteiger partial charge on any atom is -0.496 e. The number of benzene rings is 1. The quantitative estimate of drug-likeness (QED) is 0.778. The Hall–Kier alpha value is -1.02. The molecule has 78 valence electrons. The van der Waals surface area contributed by atoms with Crippen molar-refractivity contribution in [3.63, 3.8) is 0 Å². The molecule has 2 nitrogen and oxygen atoms in total. The van der Waals surface area contributed by atoms with Gasteiger partial charge in [-0.2, -0.15) is 0 Å². The van der Waals surface area contributed by atoms with E-state index in [1.807, 2.05) is 6.07 Å². The maximum absolute atomic E-state index is 8.78. The summed E-state index contributed by atoms with van der Waals surface area (Å²) in [5.41, 5.74) is 2.51. The molecule has 0 aliphatic rings. The van der Waals surface area contributed by atoms with Crippen molar-refractivity contribution in [1.82, 2.24) is 0 Å². The van der Waals surface area contributed by atoms with E-state index in [0.29, 0.717) is 0 Å². The third kappa shape index (κ3) is 2.74. The van der Waals surface area contributed by atoms with Gasteiger partial charge >= 0.3 is 0 Å². The van der Waals surface area contributed by atoms with E-state index in [2.05, 4.69) is 19.1 Å². The normalized spacial score (nSPS) is 10.2. The largest absolute Gasteiger partial charge is 0.496 e. The molecular formula is C12H18O2. The van der Waals surface area contributed by atoms with E-state index in [-0.39, 0.29) is 6.61 Å². The Labute approximate surface area is 85.5 Å². The monoisotopic (exact) mass is 194 g/mol. The molecule has 1 rings (SSSR count). The summed E-state index contributed by atoms with van der Waals surface area (Å²) >= 11 is 0. The second kappa shape index (κ2) is 5.66. The smallest absolute Gasteiger partial charge is 0.122 e. The van der Waals surface area contributed by atoms with Crippen molar-refractivity contribution < 1.29 is 9.84 Å². The molecule has 1 N–H and O–H groups in total. The van der Waals surface area contributed by atoms with Crippen molar-refractivity contribution in [2.45, 2.75) is 26.2 Å². The molecule has 2 heteroatoms. The van der Waals surface area contributed by atoms with Gasteiger partial charge in [0.1, 0.15) is 5.75 Å². The second-order valence-corrected chi connectivity index (χ2v) is 3.33. The van der Waals surface area contributed by atoms with Gasteiger partial charge in [-0.3, -0.25) is 0 Å². The van der Waals surface area contributed by atoms with E-state index < -0.39 is 0 Å². The van der Waals surface area contributed by atoms with Crippen LogP contribution in [0.2, 0.25) is 0 Å². The number of hydrogen-bond donors (Lipinski definition) is 1. The highest BCUT2D eigenvalue weighted by atomic mass is 16.5. The highest BCUT2D eigenvalue weighted by Crippen LogP contribution is 2.21. The lowest BCUT2D eigenvalue weighted by molar-refractivity contribution is 0.287. The number of rotatable bonds is 5. The Morgan fingerprint density at radius 3 is 2.71 bits per heavy atom. The molecule has 14 heavy (non-hydrogen) atoms. The van der Waals surface area contributed by atoms with E-state index in [9.17, 15) is 0 Å². The standard InChI is InChI=1S/C12H18O2/c1-3-10-6-7-12(14-2)11(9-10)5-4-8-13/h6-7,9,13H,3-5,8H2,1-2H3. The molecule has 1 aromatic carbocycles. The van der Waals surface area contributed by atoms with Crippen LogP contribution in [-0.2, 0) is 12.8 Å². The fourth-order valence-electron chi connectivity index (χ4n) is 1.52. The summed E-state index contributed by atoms with van der Waals surface area (Å²) in [6.45, 7) is 2.37. The lowest BCUT2D eigenvalue weighted by Crippen LogP contribution is -1.96. The zero-order valence-corrected chi connectivity index (χ0v) is 8.92. The van der Waals surface area contributed by atoms with Crippen LogP contribution in [-0.4, -0.2) is 18.8 Å². The number of aliphatic hydroxyl groups is 1. The molecule has 0 saturated heterocycles. The average molecular weight is 194 g/mol. The molecule has 0 radical (unpaired) electrons. The van der Waals surface area contributed by atoms with Gasteiger partial charge in [-0.05, 0) is 36.5 Å². The van der Waals surface area contributed by atoms with Crippen LogP contribution in [0.5, 0.6) is 5.75 Å². The number of ether oxygens (including phenoxy) is 1. The summed E-state index contributed by atoms with van der Waals surface area (Å²) in [6, 6.07) is 6.25. The minimum atomic E-state index is 0.236. The van der Waals surface area contributed by atoms with Crippen molar-refractivity contribution in [2.24, 2.45) is 0 Å². The Balaban J connectivity index is 2.84. The lowest BCUT2D eigenvalue weighted by Gasteiger charge is -2.09. The van der Waals surface area contributed by atoms with E-state index in [1.165, 1.54) is 11.1 Å². The van der Waals surface area contributed by atoms with Gasteiger partial charge in [0.25, 0.3) is 0 Å². The van der Waals surface area contributed by atoms with Crippen LogP contribution >= 0.6 is 0 Å². The predicted molar refractivity (Wildman–Crippen MR) is 57.8 cm³/mol. The third-order valence-corrected chi connectivity index (χ3v) is 2.36. The van der Waals surface area contributed by atoms with Gasteiger partial charge in [0.05, 0.1) is 7.11 Å².